The molecule has 2 aromatic rings. The molecule has 0 aliphatic heterocycles. The Morgan fingerprint density at radius 1 is 1.25 bits per heavy atom. The van der Waals surface area contributed by atoms with Crippen LogP contribution < -0.4 is 10.6 Å². The van der Waals surface area contributed by atoms with Crippen LogP contribution in [0.1, 0.15) is 31.1 Å². The third-order valence-corrected chi connectivity index (χ3v) is 4.14. The van der Waals surface area contributed by atoms with E-state index in [9.17, 15) is 9.59 Å². The molecule has 2 rings (SSSR count). The van der Waals surface area contributed by atoms with E-state index < -0.39 is 0 Å². The molecule has 128 valence electrons. The lowest BCUT2D eigenvalue weighted by Gasteiger charge is -2.10. The van der Waals surface area contributed by atoms with Gasteiger partial charge in [0.25, 0.3) is 5.91 Å². The molecule has 0 fully saturated rings. The Morgan fingerprint density at radius 2 is 2.00 bits per heavy atom. The summed E-state index contributed by atoms with van der Waals surface area (Å²) in [5.41, 5.74) is 0.620. The van der Waals surface area contributed by atoms with Crippen molar-refractivity contribution in [1.29, 1.82) is 0 Å². The van der Waals surface area contributed by atoms with E-state index >= 15 is 0 Å². The number of rotatable bonds is 7. The molecule has 0 saturated heterocycles. The first kappa shape index (κ1) is 18.1. The van der Waals surface area contributed by atoms with Gasteiger partial charge in [0, 0.05) is 29.0 Å². The fraction of sp³-hybridized carbons (Fsp3) is 0.353. The van der Waals surface area contributed by atoms with Crippen molar-refractivity contribution in [2.45, 2.75) is 37.5 Å². The molecule has 0 aliphatic rings. The van der Waals surface area contributed by atoms with Crippen molar-refractivity contribution >= 4 is 29.4 Å². The summed E-state index contributed by atoms with van der Waals surface area (Å²) in [6.07, 6.45) is 1.67. The van der Waals surface area contributed by atoms with E-state index in [0.717, 1.165) is 4.90 Å². The summed E-state index contributed by atoms with van der Waals surface area (Å²) in [5, 5.41) is 10.1. The molecule has 0 aliphatic carbocycles. The van der Waals surface area contributed by atoms with Crippen LogP contribution in [-0.4, -0.2) is 33.4 Å². The number of likely N-dealkylation sites (N-methyl/N-ethyl adjacent to an activating group) is 1. The number of nitrogens with zero attached hydrogens (tertiary/aromatic N) is 2. The van der Waals surface area contributed by atoms with Gasteiger partial charge in [-0.15, -0.1) is 11.8 Å². The summed E-state index contributed by atoms with van der Waals surface area (Å²) >= 11 is 1.64. The number of carbonyl (C=O) groups is 2. The van der Waals surface area contributed by atoms with E-state index in [-0.39, 0.29) is 18.4 Å². The Labute approximate surface area is 146 Å². The van der Waals surface area contributed by atoms with Crippen LogP contribution in [-0.2, 0) is 11.3 Å². The molecule has 0 unspecified atom stereocenters. The number of carbonyl (C=O) groups excluding carboxylic acids is 2. The first-order valence-electron chi connectivity index (χ1n) is 7.86. The van der Waals surface area contributed by atoms with Crippen molar-refractivity contribution in [2.75, 3.05) is 11.9 Å². The highest BCUT2D eigenvalue weighted by atomic mass is 32.2. The van der Waals surface area contributed by atoms with Crippen LogP contribution >= 0.6 is 11.8 Å². The molecule has 0 radical (unpaired) electrons. The van der Waals surface area contributed by atoms with Crippen LogP contribution in [0.4, 0.5) is 5.82 Å². The topological polar surface area (TPSA) is 76.0 Å². The van der Waals surface area contributed by atoms with Gasteiger partial charge in [0.15, 0.2) is 5.82 Å². The zero-order valence-electron chi connectivity index (χ0n) is 14.1. The smallest absolute Gasteiger partial charge is 0.257 e. The number of anilines is 1. The second kappa shape index (κ2) is 8.54. The zero-order valence-corrected chi connectivity index (χ0v) is 14.9. The fourth-order valence-corrected chi connectivity index (χ4v) is 3.06. The van der Waals surface area contributed by atoms with Crippen molar-refractivity contribution in [3.8, 4) is 0 Å². The summed E-state index contributed by atoms with van der Waals surface area (Å²) in [6, 6.07) is 9.17. The average Bonchev–Trinajstić information content (AvgIpc) is 2.94. The van der Waals surface area contributed by atoms with Gasteiger partial charge in [-0.1, -0.05) is 26.0 Å². The highest BCUT2D eigenvalue weighted by molar-refractivity contribution is 8.00. The molecule has 24 heavy (non-hydrogen) atoms. The van der Waals surface area contributed by atoms with Gasteiger partial charge in [0.2, 0.25) is 5.91 Å². The van der Waals surface area contributed by atoms with Crippen LogP contribution in [0.5, 0.6) is 0 Å². The van der Waals surface area contributed by atoms with Gasteiger partial charge in [0.05, 0.1) is 5.56 Å². The van der Waals surface area contributed by atoms with Crippen LogP contribution in [0.2, 0.25) is 0 Å². The molecular formula is C17H22N4O2S. The Kier molecular flexibility index (Phi) is 6.43. The maximum atomic E-state index is 12.5. The van der Waals surface area contributed by atoms with E-state index in [1.54, 1.807) is 30.1 Å². The van der Waals surface area contributed by atoms with E-state index in [4.69, 9.17) is 0 Å². The van der Waals surface area contributed by atoms with Gasteiger partial charge in [-0.2, -0.15) is 5.10 Å². The van der Waals surface area contributed by atoms with E-state index in [1.165, 1.54) is 4.68 Å². The summed E-state index contributed by atoms with van der Waals surface area (Å²) in [6.45, 7) is 6.74. The number of hydrogen-bond acceptors (Lipinski definition) is 4. The van der Waals surface area contributed by atoms with Crippen LogP contribution in [0.15, 0.2) is 41.4 Å². The highest BCUT2D eigenvalue weighted by Gasteiger charge is 2.14. The average molecular weight is 346 g/mol. The summed E-state index contributed by atoms with van der Waals surface area (Å²) < 4.78 is 1.50. The molecule has 0 atom stereocenters. The maximum Gasteiger partial charge on any atom is 0.257 e. The van der Waals surface area contributed by atoms with Crippen LogP contribution in [0.25, 0.3) is 0 Å². The number of nitrogens with one attached hydrogen (secondary N) is 2. The highest BCUT2D eigenvalue weighted by Crippen LogP contribution is 2.26. The van der Waals surface area contributed by atoms with Gasteiger partial charge in [-0.05, 0) is 19.1 Å². The van der Waals surface area contributed by atoms with Crippen molar-refractivity contribution in [3.63, 3.8) is 0 Å². The summed E-state index contributed by atoms with van der Waals surface area (Å²) in [4.78, 5) is 25.0. The SMILES string of the molecule is CCNC(=O)Cn1ccc(NC(=O)c2ccccc2SC(C)C)n1. The minimum Gasteiger partial charge on any atom is -0.355 e. The zero-order chi connectivity index (χ0) is 17.5. The first-order chi connectivity index (χ1) is 11.5. The largest absolute Gasteiger partial charge is 0.355 e. The first-order valence-corrected chi connectivity index (χ1v) is 8.74. The number of benzene rings is 1. The standard InChI is InChI=1S/C17H22N4O2S/c1-4-18-16(22)11-21-10-9-15(20-21)19-17(23)13-7-5-6-8-14(13)24-12(2)3/h5-10,12H,4,11H2,1-3H3,(H,18,22)(H,19,20,23). The molecule has 0 spiro atoms. The molecule has 1 heterocycles. The van der Waals surface area contributed by atoms with Gasteiger partial charge >= 0.3 is 0 Å². The molecule has 0 bridgehead atoms. The van der Waals surface area contributed by atoms with Gasteiger partial charge < -0.3 is 10.6 Å². The molecule has 2 N–H and O–H groups in total. The van der Waals surface area contributed by atoms with E-state index in [1.807, 2.05) is 25.1 Å². The molecule has 7 heteroatoms. The van der Waals surface area contributed by atoms with Gasteiger partial charge in [-0.25, -0.2) is 0 Å². The number of hydrogen-bond donors (Lipinski definition) is 2. The molecule has 1 aromatic heterocycles. The molecule has 2 amide bonds. The summed E-state index contributed by atoms with van der Waals surface area (Å²) in [7, 11) is 0. The lowest BCUT2D eigenvalue weighted by molar-refractivity contribution is -0.121. The maximum absolute atomic E-state index is 12.5. The minimum atomic E-state index is -0.206. The van der Waals surface area contributed by atoms with Crippen molar-refractivity contribution in [2.24, 2.45) is 0 Å². The third-order valence-electron chi connectivity index (χ3n) is 3.06. The second-order valence-corrected chi connectivity index (χ2v) is 7.09. The molecule has 1 aromatic carbocycles. The Balaban J connectivity index is 2.05. The molecule has 6 nitrogen and oxygen atoms in total. The number of aromatic nitrogens is 2. The third kappa shape index (κ3) is 5.13. The lowest BCUT2D eigenvalue weighted by atomic mass is 10.2. The lowest BCUT2D eigenvalue weighted by Crippen LogP contribution is -2.27. The number of thioether (sulfide) groups is 1. The molecular weight excluding hydrogens is 324 g/mol. The van der Waals surface area contributed by atoms with E-state index in [2.05, 4.69) is 29.6 Å². The van der Waals surface area contributed by atoms with Gasteiger partial charge in [-0.3, -0.25) is 14.3 Å². The molecule has 0 saturated carbocycles. The monoisotopic (exact) mass is 346 g/mol. The van der Waals surface area contributed by atoms with Crippen molar-refractivity contribution < 1.29 is 9.59 Å². The Hall–Kier alpha value is -2.28. The van der Waals surface area contributed by atoms with E-state index in [0.29, 0.717) is 23.2 Å². The van der Waals surface area contributed by atoms with Gasteiger partial charge in [0.1, 0.15) is 6.54 Å². The second-order valence-electron chi connectivity index (χ2n) is 5.47. The van der Waals surface area contributed by atoms with Crippen LogP contribution in [0, 0.1) is 0 Å². The van der Waals surface area contributed by atoms with Crippen LogP contribution in [0.3, 0.4) is 0 Å². The quantitative estimate of drug-likeness (QED) is 0.756. The minimum absolute atomic E-state index is 0.114. The van der Waals surface area contributed by atoms with Crippen molar-refractivity contribution in [1.82, 2.24) is 15.1 Å². The summed E-state index contributed by atoms with van der Waals surface area (Å²) in [5.74, 6) is 0.104. The number of amides is 2. The predicted octanol–water partition coefficient (Wildman–Crippen LogP) is 2.77. The fourth-order valence-electron chi connectivity index (χ4n) is 2.11. The Bertz CT molecular complexity index is 712. The predicted molar refractivity (Wildman–Crippen MR) is 96.3 cm³/mol. The Morgan fingerprint density at radius 3 is 2.71 bits per heavy atom. The van der Waals surface area contributed by atoms with Crippen molar-refractivity contribution in [3.05, 3.63) is 42.1 Å². The normalized spacial score (nSPS) is 10.7.